The van der Waals surface area contributed by atoms with Crippen LogP contribution in [0.4, 0.5) is 0 Å². The first kappa shape index (κ1) is 18.7. The Labute approximate surface area is 109 Å². The molecular weight excluding hydrogens is 272 g/mol. The lowest BCUT2D eigenvalue weighted by molar-refractivity contribution is 0.0195. The van der Waals surface area contributed by atoms with Crippen LogP contribution >= 0.6 is 15.9 Å². The monoisotopic (exact) mass is 298 g/mol. The zero-order valence-electron chi connectivity index (χ0n) is 11.0. The fourth-order valence-electron chi connectivity index (χ4n) is 0.760. The predicted molar refractivity (Wildman–Crippen MR) is 72.5 cm³/mol. The van der Waals surface area contributed by atoms with Crippen LogP contribution in [0.25, 0.3) is 0 Å². The first-order chi connectivity index (χ1) is 7.83. The van der Waals surface area contributed by atoms with Gasteiger partial charge in [0.1, 0.15) is 0 Å². The Balaban J connectivity index is 0. The molecular formula is C12H27BrO3. The second-order valence-corrected chi connectivity index (χ2v) is 3.84. The molecule has 0 aromatic rings. The van der Waals surface area contributed by atoms with Gasteiger partial charge in [-0.3, -0.25) is 0 Å². The predicted octanol–water partition coefficient (Wildman–Crippen LogP) is 3.26. The largest absolute Gasteiger partial charge is 0.379 e. The maximum absolute atomic E-state index is 5.19. The number of ether oxygens (including phenoxy) is 3. The zero-order valence-corrected chi connectivity index (χ0v) is 12.6. The summed E-state index contributed by atoms with van der Waals surface area (Å²) in [6, 6.07) is 0. The second-order valence-electron chi connectivity index (χ2n) is 3.05. The Kier molecular flexibility index (Phi) is 24.3. The minimum atomic E-state index is 0.668. The van der Waals surface area contributed by atoms with Crippen molar-refractivity contribution in [2.45, 2.75) is 33.6 Å². The summed E-state index contributed by atoms with van der Waals surface area (Å²) in [7, 11) is 0. The molecule has 0 N–H and O–H groups in total. The van der Waals surface area contributed by atoms with E-state index in [9.17, 15) is 0 Å². The smallest absolute Gasteiger partial charge is 0.0701 e. The summed E-state index contributed by atoms with van der Waals surface area (Å²) < 4.78 is 15.3. The maximum atomic E-state index is 5.19. The SMILES string of the molecule is CCCCBr.CCOCCOCCOCC. The van der Waals surface area contributed by atoms with E-state index in [0.717, 1.165) is 18.5 Å². The van der Waals surface area contributed by atoms with E-state index in [2.05, 4.69) is 22.9 Å². The van der Waals surface area contributed by atoms with Gasteiger partial charge in [-0.2, -0.15) is 0 Å². The molecule has 0 fully saturated rings. The summed E-state index contributed by atoms with van der Waals surface area (Å²) in [5, 5.41) is 1.16. The van der Waals surface area contributed by atoms with Gasteiger partial charge in [0.05, 0.1) is 26.4 Å². The van der Waals surface area contributed by atoms with Gasteiger partial charge >= 0.3 is 0 Å². The van der Waals surface area contributed by atoms with Crippen LogP contribution in [-0.4, -0.2) is 45.0 Å². The summed E-state index contributed by atoms with van der Waals surface area (Å²) in [4.78, 5) is 0. The molecule has 0 aliphatic carbocycles. The lowest BCUT2D eigenvalue weighted by Gasteiger charge is -2.03. The standard InChI is InChI=1S/C8H18O3.C4H9Br/c1-3-9-5-7-11-8-6-10-4-2;1-2-3-4-5/h3-8H2,1-2H3;2-4H2,1H3. The average molecular weight is 299 g/mol. The normalized spacial score (nSPS) is 9.75. The molecule has 16 heavy (non-hydrogen) atoms. The van der Waals surface area contributed by atoms with Crippen molar-refractivity contribution in [3.05, 3.63) is 0 Å². The highest BCUT2D eigenvalue weighted by Gasteiger charge is 1.87. The summed E-state index contributed by atoms with van der Waals surface area (Å²) in [5.74, 6) is 0. The number of unbranched alkanes of at least 4 members (excludes halogenated alkanes) is 1. The van der Waals surface area contributed by atoms with Gasteiger partial charge in [-0.05, 0) is 20.3 Å². The van der Waals surface area contributed by atoms with Gasteiger partial charge in [-0.1, -0.05) is 29.3 Å². The average Bonchev–Trinajstić information content (AvgIpc) is 2.30. The van der Waals surface area contributed by atoms with Crippen LogP contribution in [0, 0.1) is 0 Å². The fraction of sp³-hybridized carbons (Fsp3) is 1.00. The quantitative estimate of drug-likeness (QED) is 0.458. The van der Waals surface area contributed by atoms with E-state index in [1.54, 1.807) is 0 Å². The number of hydrogen-bond acceptors (Lipinski definition) is 3. The van der Waals surface area contributed by atoms with E-state index in [4.69, 9.17) is 14.2 Å². The molecule has 0 aliphatic heterocycles. The van der Waals surface area contributed by atoms with E-state index in [1.165, 1.54) is 12.8 Å². The van der Waals surface area contributed by atoms with E-state index in [1.807, 2.05) is 13.8 Å². The van der Waals surface area contributed by atoms with Crippen LogP contribution in [-0.2, 0) is 14.2 Å². The number of hydrogen-bond donors (Lipinski definition) is 0. The molecule has 0 spiro atoms. The van der Waals surface area contributed by atoms with E-state index in [-0.39, 0.29) is 0 Å². The zero-order chi connectivity index (χ0) is 12.5. The van der Waals surface area contributed by atoms with Crippen molar-refractivity contribution in [2.24, 2.45) is 0 Å². The van der Waals surface area contributed by atoms with Crippen molar-refractivity contribution in [2.75, 3.05) is 45.0 Å². The van der Waals surface area contributed by atoms with E-state index in [0.29, 0.717) is 26.4 Å². The highest BCUT2D eigenvalue weighted by atomic mass is 79.9. The van der Waals surface area contributed by atoms with Crippen molar-refractivity contribution in [1.29, 1.82) is 0 Å². The van der Waals surface area contributed by atoms with Crippen molar-refractivity contribution >= 4 is 15.9 Å². The van der Waals surface area contributed by atoms with Crippen LogP contribution in [0.5, 0.6) is 0 Å². The van der Waals surface area contributed by atoms with Crippen LogP contribution in [0.2, 0.25) is 0 Å². The van der Waals surface area contributed by atoms with Gasteiger partial charge in [0.2, 0.25) is 0 Å². The molecule has 0 rings (SSSR count). The minimum Gasteiger partial charge on any atom is -0.379 e. The fourth-order valence-corrected chi connectivity index (χ4v) is 1.32. The Hall–Kier alpha value is 0.360. The Morgan fingerprint density at radius 1 is 0.750 bits per heavy atom. The van der Waals surface area contributed by atoms with Crippen LogP contribution in [0.1, 0.15) is 33.6 Å². The third-order valence-corrected chi connectivity index (χ3v) is 2.20. The van der Waals surface area contributed by atoms with Gasteiger partial charge in [-0.25, -0.2) is 0 Å². The van der Waals surface area contributed by atoms with E-state index >= 15 is 0 Å². The van der Waals surface area contributed by atoms with Crippen molar-refractivity contribution < 1.29 is 14.2 Å². The van der Waals surface area contributed by atoms with Crippen LogP contribution in [0.15, 0.2) is 0 Å². The molecule has 0 unspecified atom stereocenters. The Bertz CT molecular complexity index is 92.3. The van der Waals surface area contributed by atoms with E-state index < -0.39 is 0 Å². The van der Waals surface area contributed by atoms with Crippen LogP contribution in [0.3, 0.4) is 0 Å². The van der Waals surface area contributed by atoms with Gasteiger partial charge in [0.25, 0.3) is 0 Å². The summed E-state index contributed by atoms with van der Waals surface area (Å²) >= 11 is 3.31. The molecule has 4 heteroatoms. The molecule has 0 radical (unpaired) electrons. The van der Waals surface area contributed by atoms with Crippen molar-refractivity contribution in [3.63, 3.8) is 0 Å². The maximum Gasteiger partial charge on any atom is 0.0701 e. The highest BCUT2D eigenvalue weighted by Crippen LogP contribution is 1.89. The second kappa shape index (κ2) is 20.7. The van der Waals surface area contributed by atoms with Crippen molar-refractivity contribution in [3.8, 4) is 0 Å². The number of halogens is 1. The van der Waals surface area contributed by atoms with Gasteiger partial charge in [-0.15, -0.1) is 0 Å². The first-order valence-electron chi connectivity index (χ1n) is 6.12. The minimum absolute atomic E-state index is 0.668. The number of rotatable bonds is 10. The lowest BCUT2D eigenvalue weighted by Crippen LogP contribution is -2.08. The highest BCUT2D eigenvalue weighted by molar-refractivity contribution is 9.09. The van der Waals surface area contributed by atoms with Gasteiger partial charge in [0.15, 0.2) is 0 Å². The van der Waals surface area contributed by atoms with Gasteiger partial charge < -0.3 is 14.2 Å². The van der Waals surface area contributed by atoms with Crippen LogP contribution < -0.4 is 0 Å². The summed E-state index contributed by atoms with van der Waals surface area (Å²) in [6.45, 7) is 10.3. The topological polar surface area (TPSA) is 27.7 Å². The molecule has 0 aromatic heterocycles. The lowest BCUT2D eigenvalue weighted by atomic mass is 10.4. The summed E-state index contributed by atoms with van der Waals surface area (Å²) in [6.07, 6.45) is 2.60. The Morgan fingerprint density at radius 3 is 1.44 bits per heavy atom. The molecule has 0 saturated heterocycles. The number of alkyl halides is 1. The third-order valence-electron chi connectivity index (χ3n) is 1.64. The Morgan fingerprint density at radius 2 is 1.19 bits per heavy atom. The molecule has 0 heterocycles. The molecule has 0 amide bonds. The molecule has 100 valence electrons. The molecule has 0 aromatic carbocycles. The van der Waals surface area contributed by atoms with Gasteiger partial charge in [0, 0.05) is 18.5 Å². The molecule has 0 atom stereocenters. The molecule has 0 aliphatic rings. The molecule has 0 saturated carbocycles. The third kappa shape index (κ3) is 23.9. The molecule has 0 bridgehead atoms. The van der Waals surface area contributed by atoms with Crippen molar-refractivity contribution in [1.82, 2.24) is 0 Å². The summed E-state index contributed by atoms with van der Waals surface area (Å²) in [5.41, 5.74) is 0. The first-order valence-corrected chi connectivity index (χ1v) is 7.24. The molecule has 3 nitrogen and oxygen atoms in total.